The third-order valence-electron chi connectivity index (χ3n) is 1.09. The van der Waals surface area contributed by atoms with Crippen LogP contribution in [0.3, 0.4) is 0 Å². The molecule has 0 saturated heterocycles. The predicted molar refractivity (Wildman–Crippen MR) is 49.9 cm³/mol. The lowest BCUT2D eigenvalue weighted by atomic mass is 10.5. The molecule has 0 atom stereocenters. The first kappa shape index (κ1) is 12.4. The van der Waals surface area contributed by atoms with E-state index in [1.165, 1.54) is 6.21 Å². The van der Waals surface area contributed by atoms with E-state index in [0.29, 0.717) is 6.61 Å². The SMILES string of the molecule is CCOC(=O)C/C=N/NC(=O)OCC. The van der Waals surface area contributed by atoms with Crippen molar-refractivity contribution < 1.29 is 19.1 Å². The topological polar surface area (TPSA) is 77.0 Å². The van der Waals surface area contributed by atoms with Gasteiger partial charge in [-0.05, 0) is 13.8 Å². The maximum atomic E-state index is 10.8. The zero-order chi connectivity index (χ0) is 10.8. The molecular weight excluding hydrogens is 188 g/mol. The van der Waals surface area contributed by atoms with Crippen molar-refractivity contribution in [2.75, 3.05) is 13.2 Å². The lowest BCUT2D eigenvalue weighted by molar-refractivity contribution is -0.141. The molecule has 80 valence electrons. The summed E-state index contributed by atoms with van der Waals surface area (Å²) in [6, 6.07) is 0. The molecule has 0 rings (SSSR count). The Bertz CT molecular complexity index is 193. The highest BCUT2D eigenvalue weighted by molar-refractivity contribution is 5.86. The summed E-state index contributed by atoms with van der Waals surface area (Å²) >= 11 is 0. The molecule has 1 amide bonds. The highest BCUT2D eigenvalue weighted by Crippen LogP contribution is 1.82. The number of hydrazone groups is 1. The van der Waals surface area contributed by atoms with Gasteiger partial charge in [0.1, 0.15) is 0 Å². The Morgan fingerprint density at radius 3 is 2.50 bits per heavy atom. The number of hydrogen-bond acceptors (Lipinski definition) is 5. The van der Waals surface area contributed by atoms with E-state index in [4.69, 9.17) is 0 Å². The van der Waals surface area contributed by atoms with Crippen LogP contribution in [0.4, 0.5) is 4.79 Å². The van der Waals surface area contributed by atoms with Crippen molar-refractivity contribution >= 4 is 18.3 Å². The third kappa shape index (κ3) is 7.08. The number of esters is 1. The summed E-state index contributed by atoms with van der Waals surface area (Å²) < 4.78 is 9.14. The number of nitrogens with one attached hydrogen (secondary N) is 1. The van der Waals surface area contributed by atoms with Gasteiger partial charge in [0.05, 0.1) is 19.6 Å². The fourth-order valence-electron chi connectivity index (χ4n) is 0.602. The van der Waals surface area contributed by atoms with Crippen LogP contribution in [0.25, 0.3) is 0 Å². The molecule has 0 aromatic carbocycles. The smallest absolute Gasteiger partial charge is 0.427 e. The van der Waals surface area contributed by atoms with Crippen molar-refractivity contribution in [2.45, 2.75) is 20.3 Å². The summed E-state index contributed by atoms with van der Waals surface area (Å²) in [5, 5.41) is 3.46. The highest BCUT2D eigenvalue weighted by Gasteiger charge is 1.98. The van der Waals surface area contributed by atoms with Crippen molar-refractivity contribution in [3.05, 3.63) is 0 Å². The third-order valence-corrected chi connectivity index (χ3v) is 1.09. The molecule has 0 unspecified atom stereocenters. The second kappa shape index (κ2) is 8.03. The molecule has 6 nitrogen and oxygen atoms in total. The second-order valence-corrected chi connectivity index (χ2v) is 2.15. The molecule has 0 fully saturated rings. The lowest BCUT2D eigenvalue weighted by Crippen LogP contribution is -2.19. The molecule has 0 aliphatic carbocycles. The molecule has 0 aliphatic rings. The van der Waals surface area contributed by atoms with E-state index in [0.717, 1.165) is 0 Å². The molecular formula is C8H14N2O4. The quantitative estimate of drug-likeness (QED) is 0.404. The molecule has 0 aliphatic heterocycles. The molecule has 0 aromatic rings. The average molecular weight is 202 g/mol. The van der Waals surface area contributed by atoms with Crippen molar-refractivity contribution in [1.29, 1.82) is 0 Å². The molecule has 6 heteroatoms. The van der Waals surface area contributed by atoms with Crippen molar-refractivity contribution in [3.63, 3.8) is 0 Å². The first-order chi connectivity index (χ1) is 6.70. The fourth-order valence-corrected chi connectivity index (χ4v) is 0.602. The summed E-state index contributed by atoms with van der Waals surface area (Å²) in [5.41, 5.74) is 2.08. The minimum atomic E-state index is -0.646. The normalized spacial score (nSPS) is 9.86. The molecule has 1 N–H and O–H groups in total. The van der Waals surface area contributed by atoms with E-state index in [-0.39, 0.29) is 19.0 Å². The first-order valence-corrected chi connectivity index (χ1v) is 4.30. The number of amides is 1. The second-order valence-electron chi connectivity index (χ2n) is 2.15. The number of carbonyl (C=O) groups is 2. The standard InChI is InChI=1S/C8H14N2O4/c1-3-13-7(11)5-6-9-10-8(12)14-4-2/h6H,3-5H2,1-2H3,(H,10,12)/b9-6+. The van der Waals surface area contributed by atoms with Crippen molar-refractivity contribution in [3.8, 4) is 0 Å². The monoisotopic (exact) mass is 202 g/mol. The average Bonchev–Trinajstić information content (AvgIpc) is 2.13. The molecule has 0 aromatic heterocycles. The van der Waals surface area contributed by atoms with E-state index in [9.17, 15) is 9.59 Å². The summed E-state index contributed by atoms with van der Waals surface area (Å²) in [6.45, 7) is 4.00. The van der Waals surface area contributed by atoms with E-state index in [1.807, 2.05) is 0 Å². The van der Waals surface area contributed by atoms with Crippen LogP contribution >= 0.6 is 0 Å². The van der Waals surface area contributed by atoms with Gasteiger partial charge in [-0.2, -0.15) is 5.10 Å². The molecule has 0 saturated carbocycles. The van der Waals surface area contributed by atoms with E-state index in [2.05, 4.69) is 20.0 Å². The fraction of sp³-hybridized carbons (Fsp3) is 0.625. The number of rotatable bonds is 5. The number of nitrogens with zero attached hydrogens (tertiary/aromatic N) is 1. The van der Waals surface area contributed by atoms with Gasteiger partial charge in [0.2, 0.25) is 0 Å². The van der Waals surface area contributed by atoms with Gasteiger partial charge in [0.15, 0.2) is 0 Å². The Hall–Kier alpha value is -1.59. The number of ether oxygens (including phenoxy) is 2. The van der Waals surface area contributed by atoms with E-state index >= 15 is 0 Å². The zero-order valence-electron chi connectivity index (χ0n) is 8.28. The number of carbonyl (C=O) groups excluding carboxylic acids is 2. The maximum absolute atomic E-state index is 10.8. The van der Waals surface area contributed by atoms with Gasteiger partial charge in [-0.3, -0.25) is 4.79 Å². The van der Waals surface area contributed by atoms with Crippen LogP contribution in [0.5, 0.6) is 0 Å². The summed E-state index contributed by atoms with van der Waals surface area (Å²) in [7, 11) is 0. The highest BCUT2D eigenvalue weighted by atomic mass is 16.6. The van der Waals surface area contributed by atoms with Crippen LogP contribution in [0.1, 0.15) is 20.3 Å². The van der Waals surface area contributed by atoms with Crippen LogP contribution in [-0.2, 0) is 14.3 Å². The largest absolute Gasteiger partial charge is 0.466 e. The van der Waals surface area contributed by atoms with E-state index in [1.54, 1.807) is 13.8 Å². The van der Waals surface area contributed by atoms with Gasteiger partial charge in [-0.25, -0.2) is 10.2 Å². The number of hydrogen-bond donors (Lipinski definition) is 1. The summed E-state index contributed by atoms with van der Waals surface area (Å²) in [5.74, 6) is -0.387. The van der Waals surface area contributed by atoms with Crippen LogP contribution in [0, 0.1) is 0 Å². The molecule has 0 radical (unpaired) electrons. The van der Waals surface area contributed by atoms with Crippen LogP contribution < -0.4 is 5.43 Å². The minimum Gasteiger partial charge on any atom is -0.466 e. The molecule has 0 bridgehead atoms. The Balaban J connectivity index is 3.53. The van der Waals surface area contributed by atoms with Crippen molar-refractivity contribution in [1.82, 2.24) is 5.43 Å². The predicted octanol–water partition coefficient (Wildman–Crippen LogP) is 0.671. The van der Waals surface area contributed by atoms with Gasteiger partial charge < -0.3 is 9.47 Å². The Morgan fingerprint density at radius 1 is 1.29 bits per heavy atom. The van der Waals surface area contributed by atoms with Crippen LogP contribution in [0.15, 0.2) is 5.10 Å². The Morgan fingerprint density at radius 2 is 1.93 bits per heavy atom. The van der Waals surface area contributed by atoms with Crippen molar-refractivity contribution in [2.24, 2.45) is 5.10 Å². The summed E-state index contributed by atoms with van der Waals surface area (Å²) in [6.07, 6.45) is 0.627. The summed E-state index contributed by atoms with van der Waals surface area (Å²) in [4.78, 5) is 21.4. The Labute approximate surface area is 82.3 Å². The zero-order valence-corrected chi connectivity index (χ0v) is 8.28. The molecule has 0 heterocycles. The Kier molecular flexibility index (Phi) is 7.12. The molecule has 0 spiro atoms. The van der Waals surface area contributed by atoms with Gasteiger partial charge in [-0.15, -0.1) is 0 Å². The van der Waals surface area contributed by atoms with E-state index < -0.39 is 6.09 Å². The maximum Gasteiger partial charge on any atom is 0.427 e. The van der Waals surface area contributed by atoms with Gasteiger partial charge in [0, 0.05) is 6.21 Å². The first-order valence-electron chi connectivity index (χ1n) is 4.30. The van der Waals surface area contributed by atoms with Crippen LogP contribution in [-0.4, -0.2) is 31.5 Å². The van der Waals surface area contributed by atoms with Gasteiger partial charge in [-0.1, -0.05) is 0 Å². The molecule has 14 heavy (non-hydrogen) atoms. The lowest BCUT2D eigenvalue weighted by Gasteiger charge is -1.98. The van der Waals surface area contributed by atoms with Crippen LogP contribution in [0.2, 0.25) is 0 Å². The minimum absolute atomic E-state index is 0.0280. The van der Waals surface area contributed by atoms with Gasteiger partial charge >= 0.3 is 12.1 Å². The van der Waals surface area contributed by atoms with Gasteiger partial charge in [0.25, 0.3) is 0 Å².